The largest absolute Gasteiger partial charge is 0.508 e. The zero-order chi connectivity index (χ0) is 15.7. The third-order valence-corrected chi connectivity index (χ3v) is 3.43. The SMILES string of the molecule is COc1ccc2c(-c3ccc(O)cc3)cc(=O)oc2c1OC. The van der Waals surface area contributed by atoms with E-state index in [0.717, 1.165) is 10.9 Å². The maximum Gasteiger partial charge on any atom is 0.336 e. The zero-order valence-electron chi connectivity index (χ0n) is 12.1. The van der Waals surface area contributed by atoms with E-state index in [1.54, 1.807) is 30.3 Å². The van der Waals surface area contributed by atoms with Gasteiger partial charge in [-0.25, -0.2) is 4.79 Å². The summed E-state index contributed by atoms with van der Waals surface area (Å²) in [6, 6.07) is 11.6. The van der Waals surface area contributed by atoms with Crippen molar-refractivity contribution >= 4 is 11.0 Å². The van der Waals surface area contributed by atoms with Gasteiger partial charge in [-0.15, -0.1) is 0 Å². The Morgan fingerprint density at radius 3 is 2.36 bits per heavy atom. The summed E-state index contributed by atoms with van der Waals surface area (Å²) < 4.78 is 15.8. The van der Waals surface area contributed by atoms with Gasteiger partial charge in [-0.2, -0.15) is 0 Å². The molecule has 0 fully saturated rings. The highest BCUT2D eigenvalue weighted by Crippen LogP contribution is 2.38. The molecule has 5 nitrogen and oxygen atoms in total. The highest BCUT2D eigenvalue weighted by atomic mass is 16.5. The molecule has 5 heteroatoms. The van der Waals surface area contributed by atoms with Crippen LogP contribution in [0.3, 0.4) is 0 Å². The Morgan fingerprint density at radius 1 is 1.00 bits per heavy atom. The number of benzene rings is 2. The zero-order valence-corrected chi connectivity index (χ0v) is 12.1. The topological polar surface area (TPSA) is 68.9 Å². The molecule has 1 heterocycles. The molecule has 0 saturated carbocycles. The van der Waals surface area contributed by atoms with Crippen LogP contribution in [0.5, 0.6) is 17.2 Å². The van der Waals surface area contributed by atoms with Crippen LogP contribution in [-0.2, 0) is 0 Å². The van der Waals surface area contributed by atoms with Crippen LogP contribution in [0.25, 0.3) is 22.1 Å². The van der Waals surface area contributed by atoms with E-state index >= 15 is 0 Å². The number of rotatable bonds is 3. The molecule has 0 amide bonds. The Labute approximate surface area is 126 Å². The third kappa shape index (κ3) is 2.26. The van der Waals surface area contributed by atoms with E-state index in [0.29, 0.717) is 22.6 Å². The Morgan fingerprint density at radius 2 is 1.73 bits per heavy atom. The Hall–Kier alpha value is -2.95. The van der Waals surface area contributed by atoms with E-state index in [9.17, 15) is 9.90 Å². The van der Waals surface area contributed by atoms with Crippen molar-refractivity contribution in [3.05, 3.63) is 52.9 Å². The molecule has 0 atom stereocenters. The number of phenolic OH excluding ortho intramolecular Hbond substituents is 1. The van der Waals surface area contributed by atoms with Gasteiger partial charge in [0.1, 0.15) is 5.75 Å². The van der Waals surface area contributed by atoms with Crippen molar-refractivity contribution in [3.8, 4) is 28.4 Å². The van der Waals surface area contributed by atoms with Crippen molar-refractivity contribution < 1.29 is 19.0 Å². The summed E-state index contributed by atoms with van der Waals surface area (Å²) in [4.78, 5) is 11.9. The fourth-order valence-electron chi connectivity index (χ4n) is 2.42. The standard InChI is InChI=1S/C17H14O5/c1-20-14-8-7-12-13(10-3-5-11(18)6-4-10)9-15(19)22-16(12)17(14)21-2/h3-9,18H,1-2H3. The molecule has 22 heavy (non-hydrogen) atoms. The van der Waals surface area contributed by atoms with Crippen molar-refractivity contribution in [3.63, 3.8) is 0 Å². The van der Waals surface area contributed by atoms with Crippen LogP contribution in [-0.4, -0.2) is 19.3 Å². The van der Waals surface area contributed by atoms with Gasteiger partial charge >= 0.3 is 5.63 Å². The molecule has 3 rings (SSSR count). The molecule has 0 saturated heterocycles. The van der Waals surface area contributed by atoms with Crippen molar-refractivity contribution in [1.82, 2.24) is 0 Å². The highest BCUT2D eigenvalue weighted by molar-refractivity contribution is 5.97. The van der Waals surface area contributed by atoms with Crippen LogP contribution in [0.4, 0.5) is 0 Å². The van der Waals surface area contributed by atoms with Crippen LogP contribution >= 0.6 is 0 Å². The van der Waals surface area contributed by atoms with Crippen LogP contribution in [0.1, 0.15) is 0 Å². The van der Waals surface area contributed by atoms with Crippen LogP contribution in [0.2, 0.25) is 0 Å². The molecule has 0 aliphatic rings. The van der Waals surface area contributed by atoms with Gasteiger partial charge in [0.15, 0.2) is 11.3 Å². The fraction of sp³-hybridized carbons (Fsp3) is 0.118. The summed E-state index contributed by atoms with van der Waals surface area (Å²) in [7, 11) is 3.01. The summed E-state index contributed by atoms with van der Waals surface area (Å²) in [5.41, 5.74) is 1.34. The second-order valence-corrected chi connectivity index (χ2v) is 4.70. The summed E-state index contributed by atoms with van der Waals surface area (Å²) in [5.74, 6) is 1.02. The maximum absolute atomic E-state index is 11.9. The molecule has 0 unspecified atom stereocenters. The average molecular weight is 298 g/mol. The van der Waals surface area contributed by atoms with Crippen molar-refractivity contribution in [2.45, 2.75) is 0 Å². The van der Waals surface area contributed by atoms with E-state index in [4.69, 9.17) is 13.9 Å². The molecule has 1 aromatic heterocycles. The maximum atomic E-state index is 11.9. The van der Waals surface area contributed by atoms with Crippen LogP contribution in [0.15, 0.2) is 51.7 Å². The Balaban J connectivity index is 2.36. The third-order valence-electron chi connectivity index (χ3n) is 3.43. The molecule has 2 aromatic carbocycles. The fourth-order valence-corrected chi connectivity index (χ4v) is 2.42. The lowest BCUT2D eigenvalue weighted by atomic mass is 10.0. The first-order chi connectivity index (χ1) is 10.6. The lowest BCUT2D eigenvalue weighted by Gasteiger charge is -2.11. The molecule has 0 radical (unpaired) electrons. The molecule has 0 aliphatic carbocycles. The van der Waals surface area contributed by atoms with Gasteiger partial charge in [-0.3, -0.25) is 0 Å². The summed E-state index contributed by atoms with van der Waals surface area (Å²) in [5, 5.41) is 10.1. The highest BCUT2D eigenvalue weighted by Gasteiger charge is 2.16. The smallest absolute Gasteiger partial charge is 0.336 e. The summed E-state index contributed by atoms with van der Waals surface area (Å²) in [6.45, 7) is 0. The minimum Gasteiger partial charge on any atom is -0.508 e. The van der Waals surface area contributed by atoms with E-state index in [-0.39, 0.29) is 5.75 Å². The lowest BCUT2D eigenvalue weighted by molar-refractivity contribution is 0.352. The molecule has 0 bridgehead atoms. The molecule has 3 aromatic rings. The lowest BCUT2D eigenvalue weighted by Crippen LogP contribution is -2.00. The molecule has 0 spiro atoms. The molecular weight excluding hydrogens is 284 g/mol. The van der Waals surface area contributed by atoms with E-state index in [2.05, 4.69) is 0 Å². The Bertz CT molecular complexity index is 878. The minimum absolute atomic E-state index is 0.162. The number of methoxy groups -OCH3 is 2. The van der Waals surface area contributed by atoms with Crippen LogP contribution in [0, 0.1) is 0 Å². The van der Waals surface area contributed by atoms with Gasteiger partial charge < -0.3 is 19.0 Å². The van der Waals surface area contributed by atoms with Gasteiger partial charge in [0.2, 0.25) is 5.75 Å². The number of hydrogen-bond donors (Lipinski definition) is 1. The molecule has 112 valence electrons. The quantitative estimate of drug-likeness (QED) is 0.752. The predicted octanol–water partition coefficient (Wildman–Crippen LogP) is 3.18. The number of hydrogen-bond acceptors (Lipinski definition) is 5. The first-order valence-corrected chi connectivity index (χ1v) is 6.62. The van der Waals surface area contributed by atoms with E-state index < -0.39 is 5.63 Å². The van der Waals surface area contributed by atoms with Gasteiger partial charge in [0.25, 0.3) is 0 Å². The number of phenols is 1. The minimum atomic E-state index is -0.484. The van der Waals surface area contributed by atoms with Crippen molar-refractivity contribution in [1.29, 1.82) is 0 Å². The number of fused-ring (bicyclic) bond motifs is 1. The first kappa shape index (κ1) is 14.0. The first-order valence-electron chi connectivity index (χ1n) is 6.62. The number of aromatic hydroxyl groups is 1. The molecule has 0 aliphatic heterocycles. The van der Waals surface area contributed by atoms with Gasteiger partial charge in [-0.05, 0) is 35.4 Å². The van der Waals surface area contributed by atoms with Crippen molar-refractivity contribution in [2.75, 3.05) is 14.2 Å². The number of ether oxygens (including phenoxy) is 2. The average Bonchev–Trinajstić information content (AvgIpc) is 2.53. The van der Waals surface area contributed by atoms with Gasteiger partial charge in [-0.1, -0.05) is 12.1 Å². The van der Waals surface area contributed by atoms with Gasteiger partial charge in [0, 0.05) is 11.5 Å². The Kier molecular flexibility index (Phi) is 3.47. The normalized spacial score (nSPS) is 10.6. The second kappa shape index (κ2) is 5.44. The van der Waals surface area contributed by atoms with Crippen molar-refractivity contribution in [2.24, 2.45) is 0 Å². The van der Waals surface area contributed by atoms with Gasteiger partial charge in [0.05, 0.1) is 14.2 Å². The van der Waals surface area contributed by atoms with E-state index in [1.165, 1.54) is 20.3 Å². The molecule has 1 N–H and O–H groups in total. The monoisotopic (exact) mass is 298 g/mol. The van der Waals surface area contributed by atoms with E-state index in [1.807, 2.05) is 6.07 Å². The second-order valence-electron chi connectivity index (χ2n) is 4.70. The summed E-state index contributed by atoms with van der Waals surface area (Å²) in [6.07, 6.45) is 0. The molecular formula is C17H14O5. The predicted molar refractivity (Wildman–Crippen MR) is 82.7 cm³/mol. The van der Waals surface area contributed by atoms with Crippen LogP contribution < -0.4 is 15.1 Å². The summed E-state index contributed by atoms with van der Waals surface area (Å²) >= 11 is 0.